The second kappa shape index (κ2) is 8.48. The van der Waals surface area contributed by atoms with Crippen molar-refractivity contribution in [3.8, 4) is 0 Å². The maximum Gasteiger partial charge on any atom is 0.417 e. The number of hydrogen-bond donors (Lipinski definition) is 2. The minimum absolute atomic E-state index is 0.0161. The smallest absolute Gasteiger partial charge is 0.417 e. The topological polar surface area (TPSA) is 78.6 Å². The summed E-state index contributed by atoms with van der Waals surface area (Å²) >= 11 is 6.05. The van der Waals surface area contributed by atoms with Gasteiger partial charge in [-0.05, 0) is 26.3 Å². The fraction of sp³-hybridized carbons (Fsp3) is 0.500. The fourth-order valence-electron chi connectivity index (χ4n) is 3.05. The van der Waals surface area contributed by atoms with E-state index in [9.17, 15) is 13.2 Å². The Hall–Kier alpha value is -2.49. The van der Waals surface area contributed by atoms with Gasteiger partial charge in [0.25, 0.3) is 0 Å². The molecule has 1 aliphatic heterocycles. The third kappa shape index (κ3) is 5.11. The average Bonchev–Trinajstić information content (AvgIpc) is 3.24. The van der Waals surface area contributed by atoms with Gasteiger partial charge in [0.1, 0.15) is 11.6 Å². The molecule has 2 N–H and O–H groups in total. The van der Waals surface area contributed by atoms with Crippen LogP contribution in [0.1, 0.15) is 29.3 Å². The Morgan fingerprint density at radius 2 is 2.17 bits per heavy atom. The Balaban J connectivity index is 1.57. The van der Waals surface area contributed by atoms with Gasteiger partial charge in [-0.25, -0.2) is 9.97 Å². The molecule has 1 unspecified atom stereocenters. The highest BCUT2D eigenvalue weighted by Crippen LogP contribution is 2.34. The van der Waals surface area contributed by atoms with Crippen LogP contribution in [0.4, 0.5) is 19.0 Å². The van der Waals surface area contributed by atoms with Crippen LogP contribution in [0.3, 0.4) is 0 Å². The molecule has 1 atom stereocenters. The van der Waals surface area contributed by atoms with E-state index in [2.05, 4.69) is 25.6 Å². The maximum atomic E-state index is 12.8. The van der Waals surface area contributed by atoms with Crippen LogP contribution in [0, 0.1) is 13.8 Å². The van der Waals surface area contributed by atoms with E-state index in [-0.39, 0.29) is 11.1 Å². The van der Waals surface area contributed by atoms with Crippen LogP contribution in [-0.4, -0.2) is 42.1 Å². The molecule has 158 valence electrons. The first kappa shape index (κ1) is 21.2. The number of nitrogens with zero attached hydrogens (tertiary/aromatic N) is 4. The van der Waals surface area contributed by atoms with Crippen molar-refractivity contribution >= 4 is 23.4 Å². The molecule has 29 heavy (non-hydrogen) atoms. The van der Waals surface area contributed by atoms with E-state index in [1.165, 1.54) is 0 Å². The molecule has 0 amide bonds. The SMILES string of the molecule is CN=C(NCc1nc(C)c(C)o1)NC1CCN(c2ncc(C(F)(F)F)cc2Cl)C1. The third-order valence-corrected chi connectivity index (χ3v) is 4.96. The van der Waals surface area contributed by atoms with Gasteiger partial charge in [0.2, 0.25) is 5.89 Å². The van der Waals surface area contributed by atoms with E-state index in [0.29, 0.717) is 37.3 Å². The summed E-state index contributed by atoms with van der Waals surface area (Å²) in [5.41, 5.74) is -0.0150. The molecule has 1 aliphatic rings. The Morgan fingerprint density at radius 3 is 2.76 bits per heavy atom. The molecule has 1 fully saturated rings. The molecule has 1 saturated heterocycles. The fourth-order valence-corrected chi connectivity index (χ4v) is 3.34. The van der Waals surface area contributed by atoms with E-state index in [4.69, 9.17) is 16.0 Å². The molecular formula is C18H22ClF3N6O. The van der Waals surface area contributed by atoms with Crippen LogP contribution >= 0.6 is 11.6 Å². The summed E-state index contributed by atoms with van der Waals surface area (Å²) in [5.74, 6) is 2.27. The van der Waals surface area contributed by atoms with Crippen molar-refractivity contribution in [2.45, 2.75) is 39.0 Å². The zero-order chi connectivity index (χ0) is 21.2. The molecule has 0 aromatic carbocycles. The Bertz CT molecular complexity index is 879. The Morgan fingerprint density at radius 1 is 1.41 bits per heavy atom. The summed E-state index contributed by atoms with van der Waals surface area (Å²) in [6, 6.07) is 0.945. The van der Waals surface area contributed by atoms with Crippen molar-refractivity contribution in [3.05, 3.63) is 40.2 Å². The minimum atomic E-state index is -4.47. The van der Waals surface area contributed by atoms with Gasteiger partial charge in [0.15, 0.2) is 5.96 Å². The Kier molecular flexibility index (Phi) is 6.21. The molecule has 2 aromatic rings. The van der Waals surface area contributed by atoms with E-state index in [0.717, 1.165) is 30.1 Å². The zero-order valence-electron chi connectivity index (χ0n) is 16.3. The lowest BCUT2D eigenvalue weighted by Gasteiger charge is -2.21. The molecule has 11 heteroatoms. The van der Waals surface area contributed by atoms with Gasteiger partial charge < -0.3 is 20.0 Å². The number of anilines is 1. The summed E-state index contributed by atoms with van der Waals surface area (Å²) in [5, 5.41) is 6.41. The first-order chi connectivity index (χ1) is 13.7. The van der Waals surface area contributed by atoms with Crippen molar-refractivity contribution < 1.29 is 17.6 Å². The number of nitrogens with one attached hydrogen (secondary N) is 2. The van der Waals surface area contributed by atoms with E-state index in [1.807, 2.05) is 18.7 Å². The molecule has 0 saturated carbocycles. The van der Waals surface area contributed by atoms with Crippen LogP contribution in [0.2, 0.25) is 5.02 Å². The first-order valence-electron chi connectivity index (χ1n) is 9.05. The molecule has 3 heterocycles. The summed E-state index contributed by atoms with van der Waals surface area (Å²) in [6.07, 6.45) is -2.90. The number of aromatic nitrogens is 2. The highest BCUT2D eigenvalue weighted by Gasteiger charge is 2.33. The van der Waals surface area contributed by atoms with Crippen LogP contribution in [0.25, 0.3) is 0 Å². The van der Waals surface area contributed by atoms with Crippen molar-refractivity contribution in [3.63, 3.8) is 0 Å². The van der Waals surface area contributed by atoms with E-state index >= 15 is 0 Å². The van der Waals surface area contributed by atoms with Crippen molar-refractivity contribution in [2.24, 2.45) is 4.99 Å². The maximum absolute atomic E-state index is 12.8. The number of aliphatic imine (C=N–C) groups is 1. The zero-order valence-corrected chi connectivity index (χ0v) is 17.0. The van der Waals surface area contributed by atoms with Crippen molar-refractivity contribution in [1.29, 1.82) is 0 Å². The molecule has 0 radical (unpaired) electrons. The second-order valence-electron chi connectivity index (χ2n) is 6.78. The molecule has 0 spiro atoms. The van der Waals surface area contributed by atoms with Gasteiger partial charge in [-0.15, -0.1) is 0 Å². The van der Waals surface area contributed by atoms with Gasteiger partial charge in [-0.3, -0.25) is 4.99 Å². The summed E-state index contributed by atoms with van der Waals surface area (Å²) in [4.78, 5) is 14.3. The molecule has 7 nitrogen and oxygen atoms in total. The van der Waals surface area contributed by atoms with Gasteiger partial charge in [-0.1, -0.05) is 11.6 Å². The molecule has 0 aliphatic carbocycles. The Labute approximate surface area is 171 Å². The van der Waals surface area contributed by atoms with Crippen LogP contribution in [0.15, 0.2) is 21.7 Å². The number of pyridine rings is 1. The molecule has 2 aromatic heterocycles. The second-order valence-corrected chi connectivity index (χ2v) is 7.19. The van der Waals surface area contributed by atoms with Gasteiger partial charge in [0.05, 0.1) is 22.8 Å². The number of rotatable bonds is 4. The van der Waals surface area contributed by atoms with Crippen LogP contribution < -0.4 is 15.5 Å². The molecule has 0 bridgehead atoms. The minimum Gasteiger partial charge on any atom is -0.444 e. The standard InChI is InChI=1S/C18H22ClF3N6O/c1-10-11(2)29-15(26-10)8-25-17(23-3)27-13-4-5-28(9-13)16-14(19)6-12(7-24-16)18(20,21)22/h6-7,13H,4-5,8-9H2,1-3H3,(H2,23,25,27). The highest BCUT2D eigenvalue weighted by atomic mass is 35.5. The highest BCUT2D eigenvalue weighted by molar-refractivity contribution is 6.33. The number of hydrogen-bond acceptors (Lipinski definition) is 5. The van der Waals surface area contributed by atoms with E-state index < -0.39 is 11.7 Å². The first-order valence-corrected chi connectivity index (χ1v) is 9.43. The molecular weight excluding hydrogens is 409 g/mol. The predicted molar refractivity (Wildman–Crippen MR) is 104 cm³/mol. The summed E-state index contributed by atoms with van der Waals surface area (Å²) in [7, 11) is 1.66. The number of oxazole rings is 1. The van der Waals surface area contributed by atoms with Gasteiger partial charge >= 0.3 is 6.18 Å². The summed E-state index contributed by atoms with van der Waals surface area (Å²) < 4.78 is 43.9. The number of halogens is 4. The predicted octanol–water partition coefficient (Wildman–Crippen LogP) is 3.30. The number of alkyl halides is 3. The van der Waals surface area contributed by atoms with Crippen molar-refractivity contribution in [1.82, 2.24) is 20.6 Å². The monoisotopic (exact) mass is 430 g/mol. The average molecular weight is 431 g/mol. The number of guanidine groups is 1. The van der Waals surface area contributed by atoms with Crippen LogP contribution in [-0.2, 0) is 12.7 Å². The van der Waals surface area contributed by atoms with E-state index in [1.54, 1.807) is 7.05 Å². The summed E-state index contributed by atoms with van der Waals surface area (Å²) in [6.45, 7) is 5.27. The van der Waals surface area contributed by atoms with Gasteiger partial charge in [-0.2, -0.15) is 13.2 Å². The molecule has 3 rings (SSSR count). The van der Waals surface area contributed by atoms with Crippen molar-refractivity contribution in [2.75, 3.05) is 25.0 Å². The quantitative estimate of drug-likeness (QED) is 0.572. The third-order valence-electron chi connectivity index (χ3n) is 4.68. The normalized spacial score (nSPS) is 17.7. The number of aryl methyl sites for hydroxylation is 2. The lowest BCUT2D eigenvalue weighted by atomic mass is 10.2. The van der Waals surface area contributed by atoms with Gasteiger partial charge in [0, 0.05) is 32.4 Å². The van der Waals surface area contributed by atoms with Crippen LogP contribution in [0.5, 0.6) is 0 Å². The lowest BCUT2D eigenvalue weighted by Crippen LogP contribution is -2.44. The largest absolute Gasteiger partial charge is 0.444 e. The lowest BCUT2D eigenvalue weighted by molar-refractivity contribution is -0.137.